The summed E-state index contributed by atoms with van der Waals surface area (Å²) < 4.78 is 0. The quantitative estimate of drug-likeness (QED) is 0.276. The van der Waals surface area contributed by atoms with Gasteiger partial charge in [0.2, 0.25) is 11.8 Å². The van der Waals surface area contributed by atoms with Gasteiger partial charge in [-0.3, -0.25) is 14.4 Å². The van der Waals surface area contributed by atoms with Crippen LogP contribution in [0.2, 0.25) is 0 Å². The molecule has 0 aliphatic rings. The van der Waals surface area contributed by atoms with Crippen LogP contribution in [-0.2, 0) is 25.6 Å². The Bertz CT molecular complexity index is 660. The minimum Gasteiger partial charge on any atom is -0.481 e. The molecule has 11 nitrogen and oxygen atoms in total. The van der Waals surface area contributed by atoms with Gasteiger partial charge in [0.1, 0.15) is 12.1 Å². The fourth-order valence-corrected chi connectivity index (χ4v) is 2.28. The number of carboxylic acids is 2. The fourth-order valence-electron chi connectivity index (χ4n) is 2.28. The maximum atomic E-state index is 12.6. The largest absolute Gasteiger partial charge is 0.481 e. The number of carbonyl (C=O) groups excluding carboxylic acids is 2. The van der Waals surface area contributed by atoms with Gasteiger partial charge in [0.15, 0.2) is 0 Å². The average Bonchev–Trinajstić information content (AvgIpc) is 3.08. The topological polar surface area (TPSA) is 187 Å². The molecule has 0 aliphatic heterocycles. The molecule has 150 valence electrons. The zero-order chi connectivity index (χ0) is 20.6. The molecular weight excluding hydrogens is 358 g/mol. The summed E-state index contributed by atoms with van der Waals surface area (Å²) in [6, 6.07) is -3.34. The second-order valence-corrected chi connectivity index (χ2v) is 6.45. The Kier molecular flexibility index (Phi) is 8.39. The minimum atomic E-state index is -1.19. The molecule has 0 radical (unpaired) electrons. The number of carbonyl (C=O) groups is 4. The number of amides is 2. The summed E-state index contributed by atoms with van der Waals surface area (Å²) in [5.74, 6) is -4.04. The van der Waals surface area contributed by atoms with E-state index >= 15 is 0 Å². The van der Waals surface area contributed by atoms with Gasteiger partial charge in [-0.1, -0.05) is 13.8 Å². The summed E-state index contributed by atoms with van der Waals surface area (Å²) in [6.07, 6.45) is 2.52. The number of nitrogens with zero attached hydrogens (tertiary/aromatic N) is 1. The first-order valence-electron chi connectivity index (χ1n) is 8.40. The number of rotatable bonds is 11. The monoisotopic (exact) mass is 383 g/mol. The van der Waals surface area contributed by atoms with Gasteiger partial charge >= 0.3 is 11.9 Å². The second-order valence-electron chi connectivity index (χ2n) is 6.45. The Morgan fingerprint density at radius 1 is 1.19 bits per heavy atom. The summed E-state index contributed by atoms with van der Waals surface area (Å²) in [6.45, 7) is 3.28. The number of nitrogens with one attached hydrogen (secondary N) is 3. The van der Waals surface area contributed by atoms with Crippen LogP contribution in [0, 0.1) is 5.92 Å². The van der Waals surface area contributed by atoms with Crippen LogP contribution in [0.15, 0.2) is 12.5 Å². The molecule has 1 rings (SSSR count). The van der Waals surface area contributed by atoms with Crippen molar-refractivity contribution >= 4 is 23.8 Å². The van der Waals surface area contributed by atoms with Gasteiger partial charge in [-0.25, -0.2) is 9.78 Å². The van der Waals surface area contributed by atoms with Crippen LogP contribution in [0.3, 0.4) is 0 Å². The van der Waals surface area contributed by atoms with Crippen molar-refractivity contribution < 1.29 is 29.4 Å². The molecule has 27 heavy (non-hydrogen) atoms. The molecule has 0 unspecified atom stereocenters. The van der Waals surface area contributed by atoms with E-state index in [1.807, 2.05) is 0 Å². The van der Waals surface area contributed by atoms with E-state index in [1.54, 1.807) is 13.8 Å². The molecular formula is C16H25N5O6. The number of aromatic amines is 1. The Hall–Kier alpha value is -2.95. The van der Waals surface area contributed by atoms with Crippen LogP contribution in [0.1, 0.15) is 32.4 Å². The van der Waals surface area contributed by atoms with E-state index < -0.39 is 41.9 Å². The Morgan fingerprint density at radius 3 is 2.33 bits per heavy atom. The van der Waals surface area contributed by atoms with Crippen molar-refractivity contribution in [2.45, 2.75) is 51.2 Å². The van der Waals surface area contributed by atoms with Gasteiger partial charge < -0.3 is 31.6 Å². The highest BCUT2D eigenvalue weighted by Crippen LogP contribution is 2.05. The molecule has 11 heteroatoms. The second kappa shape index (κ2) is 10.3. The first-order chi connectivity index (χ1) is 12.6. The normalized spacial score (nSPS) is 14.2. The zero-order valence-corrected chi connectivity index (χ0v) is 15.1. The predicted octanol–water partition coefficient (Wildman–Crippen LogP) is -1.15. The molecule has 1 aromatic heterocycles. The average molecular weight is 383 g/mol. The first-order valence-corrected chi connectivity index (χ1v) is 8.40. The SMILES string of the molecule is CC(C)[C@H](NC(=O)[C@H](Cc1cnc[nH]1)NC(=O)[C@@H](N)CCC(=O)O)C(=O)O. The summed E-state index contributed by atoms with van der Waals surface area (Å²) in [5, 5.41) is 22.8. The van der Waals surface area contributed by atoms with E-state index in [0.29, 0.717) is 5.69 Å². The van der Waals surface area contributed by atoms with Crippen molar-refractivity contribution in [3.8, 4) is 0 Å². The number of nitrogens with two attached hydrogens (primary N) is 1. The van der Waals surface area contributed by atoms with Crippen LogP contribution in [-0.4, -0.2) is 62.1 Å². The van der Waals surface area contributed by atoms with Crippen molar-refractivity contribution in [1.82, 2.24) is 20.6 Å². The highest BCUT2D eigenvalue weighted by atomic mass is 16.4. The standard InChI is InChI=1S/C16H25N5O6/c1-8(2)13(16(26)27)21-15(25)11(5-9-6-18-7-19-9)20-14(24)10(17)3-4-12(22)23/h6-8,10-11,13H,3-5,17H2,1-2H3,(H,18,19)(H,20,24)(H,21,25)(H,22,23)(H,26,27)/t10-,11-,13-/m0/s1. The number of aromatic nitrogens is 2. The van der Waals surface area contributed by atoms with Crippen LogP contribution >= 0.6 is 0 Å². The van der Waals surface area contributed by atoms with Crippen LogP contribution in [0.4, 0.5) is 0 Å². The smallest absolute Gasteiger partial charge is 0.326 e. The van der Waals surface area contributed by atoms with E-state index in [-0.39, 0.29) is 25.2 Å². The lowest BCUT2D eigenvalue weighted by Crippen LogP contribution is -2.56. The Morgan fingerprint density at radius 2 is 1.85 bits per heavy atom. The van der Waals surface area contributed by atoms with Crippen molar-refractivity contribution in [2.75, 3.05) is 0 Å². The number of carboxylic acid groups (broad SMARTS) is 2. The third kappa shape index (κ3) is 7.44. The maximum absolute atomic E-state index is 12.6. The van der Waals surface area contributed by atoms with Gasteiger partial charge in [0.25, 0.3) is 0 Å². The van der Waals surface area contributed by atoms with Gasteiger partial charge in [-0.05, 0) is 12.3 Å². The fraction of sp³-hybridized carbons (Fsp3) is 0.562. The third-order valence-corrected chi connectivity index (χ3v) is 3.85. The first kappa shape index (κ1) is 22.1. The molecule has 0 saturated heterocycles. The lowest BCUT2D eigenvalue weighted by Gasteiger charge is -2.24. The summed E-state index contributed by atoms with van der Waals surface area (Å²) in [4.78, 5) is 53.3. The molecule has 0 saturated carbocycles. The number of aliphatic carboxylic acids is 2. The highest BCUT2D eigenvalue weighted by molar-refractivity contribution is 5.92. The molecule has 1 aromatic rings. The molecule has 0 fully saturated rings. The molecule has 1 heterocycles. The third-order valence-electron chi connectivity index (χ3n) is 3.85. The van der Waals surface area contributed by atoms with Crippen LogP contribution in [0.5, 0.6) is 0 Å². The van der Waals surface area contributed by atoms with E-state index in [0.717, 1.165) is 0 Å². The number of H-pyrrole nitrogens is 1. The van der Waals surface area contributed by atoms with E-state index in [9.17, 15) is 24.3 Å². The molecule has 0 aliphatic carbocycles. The van der Waals surface area contributed by atoms with Crippen molar-refractivity contribution in [3.63, 3.8) is 0 Å². The minimum absolute atomic E-state index is 0.0354. The van der Waals surface area contributed by atoms with Crippen molar-refractivity contribution in [2.24, 2.45) is 11.7 Å². The Labute approximate surface area is 155 Å². The van der Waals surface area contributed by atoms with E-state index in [4.69, 9.17) is 10.8 Å². The lowest BCUT2D eigenvalue weighted by atomic mass is 10.0. The number of imidazole rings is 1. The number of hydrogen-bond donors (Lipinski definition) is 6. The van der Waals surface area contributed by atoms with Crippen LogP contribution < -0.4 is 16.4 Å². The summed E-state index contributed by atoms with van der Waals surface area (Å²) >= 11 is 0. The van der Waals surface area contributed by atoms with E-state index in [1.165, 1.54) is 12.5 Å². The highest BCUT2D eigenvalue weighted by Gasteiger charge is 2.30. The molecule has 3 atom stereocenters. The van der Waals surface area contributed by atoms with Gasteiger partial charge in [0.05, 0.1) is 12.4 Å². The molecule has 7 N–H and O–H groups in total. The lowest BCUT2D eigenvalue weighted by molar-refractivity contribution is -0.143. The van der Waals surface area contributed by atoms with Gasteiger partial charge in [-0.2, -0.15) is 0 Å². The summed E-state index contributed by atoms with van der Waals surface area (Å²) in [7, 11) is 0. The number of hydrogen-bond acceptors (Lipinski definition) is 6. The van der Waals surface area contributed by atoms with E-state index in [2.05, 4.69) is 20.6 Å². The van der Waals surface area contributed by atoms with Crippen molar-refractivity contribution in [1.29, 1.82) is 0 Å². The predicted molar refractivity (Wildman–Crippen MR) is 93.5 cm³/mol. The van der Waals surface area contributed by atoms with Crippen molar-refractivity contribution in [3.05, 3.63) is 18.2 Å². The molecule has 0 aromatic carbocycles. The maximum Gasteiger partial charge on any atom is 0.326 e. The molecule has 0 bridgehead atoms. The van der Waals surface area contributed by atoms with Crippen LogP contribution in [0.25, 0.3) is 0 Å². The van der Waals surface area contributed by atoms with Gasteiger partial charge in [-0.15, -0.1) is 0 Å². The Balaban J connectivity index is 2.85. The zero-order valence-electron chi connectivity index (χ0n) is 15.1. The summed E-state index contributed by atoms with van der Waals surface area (Å²) in [5.41, 5.74) is 6.21. The van der Waals surface area contributed by atoms with Gasteiger partial charge in [0, 0.05) is 24.7 Å². The molecule has 0 spiro atoms. The molecule has 2 amide bonds.